The van der Waals surface area contributed by atoms with E-state index in [9.17, 15) is 0 Å². The lowest BCUT2D eigenvalue weighted by Crippen LogP contribution is -2.35. The summed E-state index contributed by atoms with van der Waals surface area (Å²) in [7, 11) is 1.98. The second-order valence-electron chi connectivity index (χ2n) is 4.42. The maximum Gasteiger partial charge on any atom is 0.0628 e. The molecule has 4 nitrogen and oxygen atoms in total. The summed E-state index contributed by atoms with van der Waals surface area (Å²) < 4.78 is 1.93. The molecule has 0 aliphatic carbocycles. The van der Waals surface area contributed by atoms with Crippen LogP contribution in [0.3, 0.4) is 0 Å². The van der Waals surface area contributed by atoms with E-state index in [4.69, 9.17) is 12.3 Å². The van der Waals surface area contributed by atoms with E-state index < -0.39 is 0 Å². The van der Waals surface area contributed by atoms with E-state index in [1.54, 1.807) is 0 Å². The molecule has 0 aliphatic rings. The third-order valence-corrected chi connectivity index (χ3v) is 3.27. The van der Waals surface area contributed by atoms with Crippen molar-refractivity contribution < 1.29 is 0 Å². The first-order valence-electron chi connectivity index (χ1n) is 5.98. The fourth-order valence-electron chi connectivity index (χ4n) is 2.07. The van der Waals surface area contributed by atoms with Crippen LogP contribution in [0.4, 0.5) is 0 Å². The lowest BCUT2D eigenvalue weighted by molar-refractivity contribution is 0.469. The summed E-state index contributed by atoms with van der Waals surface area (Å²) in [5.74, 6) is 8.17. The quantitative estimate of drug-likeness (QED) is 0.442. The first-order valence-corrected chi connectivity index (χ1v) is 5.98. The minimum Gasteiger partial charge on any atom is -0.272 e. The number of hydrogen-bond acceptors (Lipinski definition) is 3. The Morgan fingerprint density at radius 2 is 2.18 bits per heavy atom. The average molecular weight is 234 g/mol. The Hall–Kier alpha value is -1.31. The monoisotopic (exact) mass is 234 g/mol. The van der Waals surface area contributed by atoms with E-state index in [0.29, 0.717) is 0 Å². The molecule has 3 N–H and O–H groups in total. The normalized spacial score (nSPS) is 12.4. The minimum absolute atomic E-state index is 0.282. The molecule has 0 saturated carbocycles. The standard InChI is InChI=1S/C13H22N4/c1-5-6-7-12(15-14)8-9-13-10(2)16-17(4)11(13)3/h1,12,15H,6-9,14H2,2-4H3. The zero-order valence-corrected chi connectivity index (χ0v) is 11.0. The third-order valence-electron chi connectivity index (χ3n) is 3.27. The van der Waals surface area contributed by atoms with Gasteiger partial charge in [-0.1, -0.05) is 0 Å². The van der Waals surface area contributed by atoms with Gasteiger partial charge in [0.05, 0.1) is 5.69 Å². The fourth-order valence-corrected chi connectivity index (χ4v) is 2.07. The second-order valence-corrected chi connectivity index (χ2v) is 4.42. The van der Waals surface area contributed by atoms with Gasteiger partial charge in [-0.05, 0) is 38.7 Å². The van der Waals surface area contributed by atoms with E-state index in [1.165, 1.54) is 11.3 Å². The maximum absolute atomic E-state index is 5.52. The molecule has 0 aromatic carbocycles. The molecule has 0 bridgehead atoms. The van der Waals surface area contributed by atoms with Crippen LogP contribution in [-0.2, 0) is 13.5 Å². The Balaban J connectivity index is 2.57. The van der Waals surface area contributed by atoms with Crippen LogP contribution in [0.2, 0.25) is 0 Å². The van der Waals surface area contributed by atoms with Crippen LogP contribution in [0.15, 0.2) is 0 Å². The van der Waals surface area contributed by atoms with Crippen LogP contribution < -0.4 is 11.3 Å². The first kappa shape index (κ1) is 13.8. The molecule has 1 unspecified atom stereocenters. The van der Waals surface area contributed by atoms with Crippen LogP contribution in [0, 0.1) is 26.2 Å². The highest BCUT2D eigenvalue weighted by molar-refractivity contribution is 5.24. The third kappa shape index (κ3) is 3.58. The van der Waals surface area contributed by atoms with Crippen molar-refractivity contribution in [3.05, 3.63) is 17.0 Å². The largest absolute Gasteiger partial charge is 0.272 e. The number of nitrogens with two attached hydrogens (primary N) is 1. The predicted molar refractivity (Wildman–Crippen MR) is 70.2 cm³/mol. The summed E-state index contributed by atoms with van der Waals surface area (Å²) >= 11 is 0. The van der Waals surface area contributed by atoms with Gasteiger partial charge in [-0.15, -0.1) is 12.3 Å². The molecule has 0 spiro atoms. The number of nitrogens with zero attached hydrogens (tertiary/aromatic N) is 2. The molecular weight excluding hydrogens is 212 g/mol. The summed E-state index contributed by atoms with van der Waals surface area (Å²) in [6.07, 6.45) is 8.93. The Kier molecular flexibility index (Phi) is 5.20. The summed E-state index contributed by atoms with van der Waals surface area (Å²) in [6, 6.07) is 0.282. The molecule has 1 atom stereocenters. The van der Waals surface area contributed by atoms with Gasteiger partial charge >= 0.3 is 0 Å². The van der Waals surface area contributed by atoms with E-state index in [-0.39, 0.29) is 6.04 Å². The smallest absolute Gasteiger partial charge is 0.0628 e. The highest BCUT2D eigenvalue weighted by Crippen LogP contribution is 2.15. The summed E-state index contributed by atoms with van der Waals surface area (Å²) in [5, 5.41) is 4.41. The lowest BCUT2D eigenvalue weighted by Gasteiger charge is -2.14. The van der Waals surface area contributed by atoms with Gasteiger partial charge in [0.15, 0.2) is 0 Å². The summed E-state index contributed by atoms with van der Waals surface area (Å²) in [4.78, 5) is 0. The zero-order chi connectivity index (χ0) is 12.8. The van der Waals surface area contributed by atoms with Crippen molar-refractivity contribution in [2.24, 2.45) is 12.9 Å². The number of aryl methyl sites for hydroxylation is 2. The number of nitrogens with one attached hydrogen (secondary N) is 1. The number of aromatic nitrogens is 2. The first-order chi connectivity index (χ1) is 8.10. The highest BCUT2D eigenvalue weighted by Gasteiger charge is 2.12. The predicted octanol–water partition coefficient (Wildman–Crippen LogP) is 1.21. The Morgan fingerprint density at radius 3 is 2.65 bits per heavy atom. The van der Waals surface area contributed by atoms with Crippen molar-refractivity contribution in [2.45, 2.75) is 45.6 Å². The van der Waals surface area contributed by atoms with Crippen molar-refractivity contribution in [2.75, 3.05) is 0 Å². The molecule has 0 saturated heterocycles. The Bertz CT molecular complexity index is 400. The molecular formula is C13H22N4. The molecule has 1 aromatic rings. The van der Waals surface area contributed by atoms with E-state index in [1.807, 2.05) is 11.7 Å². The summed E-state index contributed by atoms with van der Waals surface area (Å²) in [6.45, 7) is 4.15. The number of terminal acetylenes is 1. The van der Waals surface area contributed by atoms with Gasteiger partial charge in [-0.3, -0.25) is 16.0 Å². The van der Waals surface area contributed by atoms with Gasteiger partial charge in [0.2, 0.25) is 0 Å². The molecule has 0 radical (unpaired) electrons. The zero-order valence-electron chi connectivity index (χ0n) is 11.0. The molecule has 4 heteroatoms. The maximum atomic E-state index is 5.52. The molecule has 0 amide bonds. The van der Waals surface area contributed by atoms with Crippen molar-refractivity contribution in [3.8, 4) is 12.3 Å². The van der Waals surface area contributed by atoms with Crippen LogP contribution >= 0.6 is 0 Å². The second kappa shape index (κ2) is 6.43. The van der Waals surface area contributed by atoms with Gasteiger partial charge in [0.1, 0.15) is 0 Å². The average Bonchev–Trinajstić information content (AvgIpc) is 2.55. The molecule has 1 rings (SSSR count). The van der Waals surface area contributed by atoms with Gasteiger partial charge in [-0.2, -0.15) is 5.10 Å². The van der Waals surface area contributed by atoms with Gasteiger partial charge in [0.25, 0.3) is 0 Å². The minimum atomic E-state index is 0.282. The van der Waals surface area contributed by atoms with Gasteiger partial charge in [-0.25, -0.2) is 0 Å². The van der Waals surface area contributed by atoms with E-state index in [2.05, 4.69) is 30.3 Å². The number of rotatable bonds is 6. The molecule has 0 fully saturated rings. The highest BCUT2D eigenvalue weighted by atomic mass is 15.3. The van der Waals surface area contributed by atoms with Crippen molar-refractivity contribution >= 4 is 0 Å². The topological polar surface area (TPSA) is 55.9 Å². The number of hydrogen-bond donors (Lipinski definition) is 2. The van der Waals surface area contributed by atoms with Crippen molar-refractivity contribution in [1.82, 2.24) is 15.2 Å². The number of hydrazine groups is 1. The molecule has 1 heterocycles. The summed E-state index contributed by atoms with van der Waals surface area (Å²) in [5.41, 5.74) is 6.50. The van der Waals surface area contributed by atoms with Crippen LogP contribution in [0.5, 0.6) is 0 Å². The van der Waals surface area contributed by atoms with Crippen LogP contribution in [0.1, 0.15) is 36.2 Å². The van der Waals surface area contributed by atoms with Crippen LogP contribution in [0.25, 0.3) is 0 Å². The van der Waals surface area contributed by atoms with Gasteiger partial charge in [0, 0.05) is 25.2 Å². The Labute approximate surface area is 104 Å². The fraction of sp³-hybridized carbons (Fsp3) is 0.615. The van der Waals surface area contributed by atoms with E-state index >= 15 is 0 Å². The SMILES string of the molecule is C#CCCC(CCc1c(C)nn(C)c1C)NN. The molecule has 0 aliphatic heterocycles. The molecule has 1 aromatic heterocycles. The van der Waals surface area contributed by atoms with Crippen LogP contribution in [-0.4, -0.2) is 15.8 Å². The van der Waals surface area contributed by atoms with Crippen molar-refractivity contribution in [3.63, 3.8) is 0 Å². The Morgan fingerprint density at radius 1 is 1.47 bits per heavy atom. The molecule has 94 valence electrons. The molecule has 17 heavy (non-hydrogen) atoms. The lowest BCUT2D eigenvalue weighted by atomic mass is 10.0. The van der Waals surface area contributed by atoms with Crippen molar-refractivity contribution in [1.29, 1.82) is 0 Å². The van der Waals surface area contributed by atoms with Gasteiger partial charge < -0.3 is 0 Å². The van der Waals surface area contributed by atoms with E-state index in [0.717, 1.165) is 31.4 Å².